The van der Waals surface area contributed by atoms with Crippen LogP contribution in [-0.4, -0.2) is 12.1 Å². The number of para-hydroxylation sites is 1. The van der Waals surface area contributed by atoms with Gasteiger partial charge >= 0.3 is 0 Å². The van der Waals surface area contributed by atoms with Crippen molar-refractivity contribution in [3.8, 4) is 0 Å². The Bertz CT molecular complexity index is 569. The predicted molar refractivity (Wildman–Crippen MR) is 87.7 cm³/mol. The van der Waals surface area contributed by atoms with E-state index in [-0.39, 0.29) is 5.54 Å². The van der Waals surface area contributed by atoms with Gasteiger partial charge in [-0.15, -0.1) is 0 Å². The maximum absolute atomic E-state index is 6.19. The van der Waals surface area contributed by atoms with Gasteiger partial charge < -0.3 is 11.1 Å². The van der Waals surface area contributed by atoms with E-state index in [1.807, 2.05) is 48.5 Å². The molecule has 0 aliphatic heterocycles. The molecular weight excluding hydrogens is 291 g/mol. The Morgan fingerprint density at radius 1 is 1.05 bits per heavy atom. The van der Waals surface area contributed by atoms with Crippen LogP contribution in [0.4, 0.5) is 5.69 Å². The minimum Gasteiger partial charge on any atom is -0.377 e. The fourth-order valence-corrected chi connectivity index (χ4v) is 2.42. The second-order valence-corrected chi connectivity index (χ2v) is 6.02. The van der Waals surface area contributed by atoms with E-state index in [1.54, 1.807) is 0 Å². The molecule has 0 aliphatic rings. The lowest BCUT2D eigenvalue weighted by Gasteiger charge is -2.31. The van der Waals surface area contributed by atoms with Gasteiger partial charge in [-0.25, -0.2) is 0 Å². The average Bonchev–Trinajstić information content (AvgIpc) is 2.44. The van der Waals surface area contributed by atoms with E-state index in [0.717, 1.165) is 17.1 Å². The molecule has 0 aromatic heterocycles. The Balaban J connectivity index is 2.17. The van der Waals surface area contributed by atoms with Gasteiger partial charge in [0.25, 0.3) is 0 Å². The zero-order valence-corrected chi connectivity index (χ0v) is 12.9. The first kappa shape index (κ1) is 15.2. The molecule has 3 N–H and O–H groups in total. The van der Waals surface area contributed by atoms with Crippen molar-refractivity contribution in [2.75, 3.05) is 11.9 Å². The quantitative estimate of drug-likeness (QED) is 0.861. The smallest absolute Gasteiger partial charge is 0.0637 e. The molecule has 0 saturated heterocycles. The van der Waals surface area contributed by atoms with Gasteiger partial charge in [0.1, 0.15) is 0 Å². The summed E-state index contributed by atoms with van der Waals surface area (Å²) in [5.41, 5.74) is 7.77. The van der Waals surface area contributed by atoms with Crippen LogP contribution in [0.5, 0.6) is 0 Å². The van der Waals surface area contributed by atoms with Gasteiger partial charge in [0.15, 0.2) is 0 Å². The highest BCUT2D eigenvalue weighted by Crippen LogP contribution is 2.26. The number of anilines is 1. The summed E-state index contributed by atoms with van der Waals surface area (Å²) < 4.78 is 0. The molecule has 1 atom stereocenters. The molecule has 0 heterocycles. The number of hydrogen-bond acceptors (Lipinski definition) is 2. The fraction of sp³-hybridized carbons (Fsp3) is 0.250. The molecule has 2 nitrogen and oxygen atoms in total. The molecule has 2 aromatic carbocycles. The fourth-order valence-electron chi connectivity index (χ4n) is 2.11. The number of nitrogens with one attached hydrogen (secondary N) is 1. The van der Waals surface area contributed by atoms with Crippen molar-refractivity contribution in [2.24, 2.45) is 5.73 Å². The van der Waals surface area contributed by atoms with Crippen LogP contribution in [-0.2, 0) is 6.42 Å². The van der Waals surface area contributed by atoms with Crippen LogP contribution < -0.4 is 11.1 Å². The van der Waals surface area contributed by atoms with Gasteiger partial charge in [0, 0.05) is 11.6 Å². The first-order valence-corrected chi connectivity index (χ1v) is 7.25. The van der Waals surface area contributed by atoms with Crippen molar-refractivity contribution in [3.05, 3.63) is 64.1 Å². The van der Waals surface area contributed by atoms with Crippen molar-refractivity contribution in [1.82, 2.24) is 0 Å². The largest absolute Gasteiger partial charge is 0.377 e. The second-order valence-electron chi connectivity index (χ2n) is 5.17. The van der Waals surface area contributed by atoms with E-state index >= 15 is 0 Å². The number of rotatable bonds is 5. The maximum Gasteiger partial charge on any atom is 0.0637 e. The highest BCUT2D eigenvalue weighted by atomic mass is 35.5. The van der Waals surface area contributed by atoms with E-state index in [2.05, 4.69) is 12.2 Å². The highest BCUT2D eigenvalue weighted by molar-refractivity contribution is 6.33. The topological polar surface area (TPSA) is 38.0 Å². The van der Waals surface area contributed by atoms with Gasteiger partial charge in [-0.2, -0.15) is 0 Å². The monoisotopic (exact) mass is 308 g/mol. The van der Waals surface area contributed by atoms with Crippen LogP contribution >= 0.6 is 23.2 Å². The van der Waals surface area contributed by atoms with Gasteiger partial charge in [0.05, 0.1) is 16.2 Å². The summed E-state index contributed by atoms with van der Waals surface area (Å²) >= 11 is 12.1. The third-order valence-corrected chi connectivity index (χ3v) is 3.85. The molecule has 0 aliphatic carbocycles. The Hall–Kier alpha value is -1.22. The number of hydrogen-bond donors (Lipinski definition) is 2. The molecule has 2 aromatic rings. The predicted octanol–water partition coefficient (Wildman–Crippen LogP) is 4.37. The molecule has 0 radical (unpaired) electrons. The van der Waals surface area contributed by atoms with Gasteiger partial charge in [-0.05, 0) is 43.2 Å². The van der Waals surface area contributed by atoms with Crippen LogP contribution in [0.1, 0.15) is 12.5 Å². The summed E-state index contributed by atoms with van der Waals surface area (Å²) in [5.74, 6) is 0. The summed E-state index contributed by atoms with van der Waals surface area (Å²) in [4.78, 5) is 0. The number of halogens is 2. The Labute approximate surface area is 129 Å². The third-order valence-electron chi connectivity index (χ3n) is 3.27. The summed E-state index contributed by atoms with van der Waals surface area (Å²) in [5, 5.41) is 4.88. The van der Waals surface area contributed by atoms with E-state index in [0.29, 0.717) is 11.6 Å². The van der Waals surface area contributed by atoms with E-state index in [9.17, 15) is 0 Å². The molecule has 0 spiro atoms. The summed E-state index contributed by atoms with van der Waals surface area (Å²) in [6, 6.07) is 15.5. The minimum absolute atomic E-state index is 0.265. The molecule has 1 unspecified atom stereocenters. The average molecular weight is 309 g/mol. The maximum atomic E-state index is 6.19. The lowest BCUT2D eigenvalue weighted by molar-refractivity contribution is 0.521. The summed E-state index contributed by atoms with van der Waals surface area (Å²) in [6.45, 7) is 2.59. The van der Waals surface area contributed by atoms with E-state index in [1.165, 1.54) is 5.56 Å². The normalized spacial score (nSPS) is 13.8. The van der Waals surface area contributed by atoms with Gasteiger partial charge in [0.2, 0.25) is 0 Å². The number of nitrogens with two attached hydrogens (primary N) is 1. The highest BCUT2D eigenvalue weighted by Gasteiger charge is 2.23. The number of benzene rings is 2. The van der Waals surface area contributed by atoms with Gasteiger partial charge in [-0.1, -0.05) is 47.5 Å². The first-order valence-electron chi connectivity index (χ1n) is 6.50. The SMILES string of the molecule is CC(CN)(Cc1ccc(Cl)cc1)Nc1ccccc1Cl. The Morgan fingerprint density at radius 3 is 2.30 bits per heavy atom. The first-order chi connectivity index (χ1) is 9.52. The zero-order valence-electron chi connectivity index (χ0n) is 11.4. The lowest BCUT2D eigenvalue weighted by Crippen LogP contribution is -2.44. The van der Waals surface area contributed by atoms with Crippen molar-refractivity contribution < 1.29 is 0 Å². The molecule has 106 valence electrons. The minimum atomic E-state index is -0.265. The summed E-state index contributed by atoms with van der Waals surface area (Å²) in [7, 11) is 0. The molecule has 0 bridgehead atoms. The molecule has 0 fully saturated rings. The Kier molecular flexibility index (Phi) is 4.92. The molecular formula is C16H18Cl2N2. The van der Waals surface area contributed by atoms with Crippen molar-refractivity contribution in [2.45, 2.75) is 18.9 Å². The molecule has 4 heteroatoms. The second kappa shape index (κ2) is 6.49. The zero-order chi connectivity index (χ0) is 14.6. The van der Waals surface area contributed by atoms with Crippen LogP contribution in [0.15, 0.2) is 48.5 Å². The summed E-state index contributed by atoms with van der Waals surface area (Å²) in [6.07, 6.45) is 0.798. The molecule has 20 heavy (non-hydrogen) atoms. The van der Waals surface area contributed by atoms with Gasteiger partial charge in [-0.3, -0.25) is 0 Å². The van der Waals surface area contributed by atoms with E-state index < -0.39 is 0 Å². The molecule has 2 rings (SSSR count). The molecule has 0 saturated carbocycles. The third kappa shape index (κ3) is 3.89. The van der Waals surface area contributed by atoms with Crippen LogP contribution in [0.25, 0.3) is 0 Å². The standard InChI is InChI=1S/C16H18Cl2N2/c1-16(11-19,10-12-6-8-13(17)9-7-12)20-15-5-3-2-4-14(15)18/h2-9,20H,10-11,19H2,1H3. The van der Waals surface area contributed by atoms with Crippen LogP contribution in [0.2, 0.25) is 10.0 Å². The van der Waals surface area contributed by atoms with Crippen LogP contribution in [0, 0.1) is 0 Å². The Morgan fingerprint density at radius 2 is 1.70 bits per heavy atom. The van der Waals surface area contributed by atoms with E-state index in [4.69, 9.17) is 28.9 Å². The lowest BCUT2D eigenvalue weighted by atomic mass is 9.92. The van der Waals surface area contributed by atoms with Crippen molar-refractivity contribution in [3.63, 3.8) is 0 Å². The van der Waals surface area contributed by atoms with Crippen molar-refractivity contribution in [1.29, 1.82) is 0 Å². The van der Waals surface area contributed by atoms with Crippen LogP contribution in [0.3, 0.4) is 0 Å². The van der Waals surface area contributed by atoms with Crippen molar-refractivity contribution >= 4 is 28.9 Å². The molecule has 0 amide bonds.